The van der Waals surface area contributed by atoms with Crippen LogP contribution in [0.15, 0.2) is 42.5 Å². The maximum Gasteiger partial charge on any atom is 0.307 e. The number of ether oxygens (including phenoxy) is 1. The summed E-state index contributed by atoms with van der Waals surface area (Å²) < 4.78 is 20.4. The molecule has 7 nitrogen and oxygen atoms in total. The number of fused-ring (bicyclic) bond motifs is 2. The minimum absolute atomic E-state index is 0.132. The van der Waals surface area contributed by atoms with Gasteiger partial charge in [0.2, 0.25) is 0 Å². The monoisotopic (exact) mass is 409 g/mol. The van der Waals surface area contributed by atoms with Gasteiger partial charge in [0.05, 0.1) is 29.8 Å². The standard InChI is InChI=1S/C22H16FNO6/c1-2-30-20-13-6-4-3-5-12(13)19(27)17-18(20)22(29)24(21(17)28)15-8-7-11(9-14(15)23)10-16(25)26/h3-9,27H,2,10H2,1H3,(H,25,26). The first-order chi connectivity index (χ1) is 14.3. The van der Waals surface area contributed by atoms with Crippen molar-refractivity contribution in [1.82, 2.24) is 0 Å². The molecule has 0 spiro atoms. The maximum absolute atomic E-state index is 14.7. The van der Waals surface area contributed by atoms with Crippen molar-refractivity contribution >= 4 is 34.2 Å². The van der Waals surface area contributed by atoms with Crippen LogP contribution < -0.4 is 9.64 Å². The number of benzene rings is 3. The Kier molecular flexibility index (Phi) is 4.62. The van der Waals surface area contributed by atoms with E-state index < -0.39 is 30.0 Å². The molecule has 0 unspecified atom stereocenters. The molecule has 0 atom stereocenters. The zero-order valence-electron chi connectivity index (χ0n) is 15.8. The zero-order chi connectivity index (χ0) is 21.6. The maximum atomic E-state index is 14.7. The molecule has 0 aromatic heterocycles. The quantitative estimate of drug-likeness (QED) is 0.625. The van der Waals surface area contributed by atoms with Gasteiger partial charge in [0.25, 0.3) is 11.8 Å². The van der Waals surface area contributed by atoms with Gasteiger partial charge in [0.1, 0.15) is 17.3 Å². The van der Waals surface area contributed by atoms with Crippen molar-refractivity contribution in [1.29, 1.82) is 0 Å². The number of anilines is 1. The minimum atomic E-state index is -1.14. The van der Waals surface area contributed by atoms with E-state index >= 15 is 0 Å². The third kappa shape index (κ3) is 2.85. The third-order valence-electron chi connectivity index (χ3n) is 4.87. The molecule has 2 amide bonds. The van der Waals surface area contributed by atoms with Gasteiger partial charge in [-0.1, -0.05) is 30.3 Å². The van der Waals surface area contributed by atoms with Crippen LogP contribution >= 0.6 is 0 Å². The molecule has 4 rings (SSSR count). The van der Waals surface area contributed by atoms with Gasteiger partial charge < -0.3 is 14.9 Å². The summed E-state index contributed by atoms with van der Waals surface area (Å²) in [5.74, 6) is -4.02. The summed E-state index contributed by atoms with van der Waals surface area (Å²) in [7, 11) is 0. The van der Waals surface area contributed by atoms with E-state index in [1.807, 2.05) is 0 Å². The highest BCUT2D eigenvalue weighted by molar-refractivity contribution is 6.38. The van der Waals surface area contributed by atoms with Crippen LogP contribution in [0.5, 0.6) is 11.5 Å². The number of carbonyl (C=O) groups is 3. The van der Waals surface area contributed by atoms with Gasteiger partial charge in [-0.05, 0) is 24.6 Å². The van der Waals surface area contributed by atoms with Crippen LogP contribution in [0.25, 0.3) is 10.8 Å². The molecule has 30 heavy (non-hydrogen) atoms. The number of amides is 2. The third-order valence-corrected chi connectivity index (χ3v) is 4.87. The van der Waals surface area contributed by atoms with E-state index in [1.54, 1.807) is 31.2 Å². The average molecular weight is 409 g/mol. The van der Waals surface area contributed by atoms with Gasteiger partial charge in [0, 0.05) is 10.8 Å². The summed E-state index contributed by atoms with van der Waals surface area (Å²) in [6.07, 6.45) is -0.403. The summed E-state index contributed by atoms with van der Waals surface area (Å²) >= 11 is 0. The lowest BCUT2D eigenvalue weighted by molar-refractivity contribution is -0.136. The minimum Gasteiger partial charge on any atom is -0.506 e. The number of nitrogens with zero attached hydrogens (tertiary/aromatic N) is 1. The van der Waals surface area contributed by atoms with Crippen molar-refractivity contribution in [2.75, 3.05) is 11.5 Å². The molecule has 1 heterocycles. The number of carbonyl (C=O) groups excluding carboxylic acids is 2. The highest BCUT2D eigenvalue weighted by Crippen LogP contribution is 2.45. The predicted octanol–water partition coefficient (Wildman–Crippen LogP) is 3.51. The number of halogens is 1. The lowest BCUT2D eigenvalue weighted by Gasteiger charge is -2.15. The molecule has 1 aliphatic heterocycles. The van der Waals surface area contributed by atoms with E-state index in [-0.39, 0.29) is 40.5 Å². The van der Waals surface area contributed by atoms with E-state index in [1.165, 1.54) is 12.1 Å². The van der Waals surface area contributed by atoms with Gasteiger partial charge in [-0.15, -0.1) is 0 Å². The Morgan fingerprint density at radius 1 is 1.07 bits per heavy atom. The number of hydrogen-bond donors (Lipinski definition) is 2. The molecule has 0 bridgehead atoms. The van der Waals surface area contributed by atoms with Gasteiger partial charge in [-0.25, -0.2) is 9.29 Å². The summed E-state index contributed by atoms with van der Waals surface area (Å²) in [6.45, 7) is 1.93. The summed E-state index contributed by atoms with van der Waals surface area (Å²) in [5, 5.41) is 20.4. The lowest BCUT2D eigenvalue weighted by Crippen LogP contribution is -2.30. The van der Waals surface area contributed by atoms with Crippen molar-refractivity contribution < 1.29 is 33.7 Å². The fraction of sp³-hybridized carbons (Fsp3) is 0.136. The summed E-state index contributed by atoms with van der Waals surface area (Å²) in [4.78, 5) is 37.7. The number of imide groups is 1. The van der Waals surface area contributed by atoms with Crippen molar-refractivity contribution in [3.05, 3.63) is 65.0 Å². The normalized spacial score (nSPS) is 13.1. The molecular weight excluding hydrogens is 393 g/mol. The first-order valence-corrected chi connectivity index (χ1v) is 9.14. The molecule has 8 heteroatoms. The summed E-state index contributed by atoms with van der Waals surface area (Å²) in [6, 6.07) is 10.1. The van der Waals surface area contributed by atoms with Crippen LogP contribution in [0.3, 0.4) is 0 Å². The largest absolute Gasteiger partial charge is 0.506 e. The number of hydrogen-bond acceptors (Lipinski definition) is 5. The van der Waals surface area contributed by atoms with E-state index in [4.69, 9.17) is 9.84 Å². The molecular formula is C22H16FNO6. The van der Waals surface area contributed by atoms with Crippen LogP contribution in [-0.4, -0.2) is 34.6 Å². The molecule has 0 aliphatic carbocycles. The van der Waals surface area contributed by atoms with Gasteiger partial charge in [-0.2, -0.15) is 0 Å². The van der Waals surface area contributed by atoms with Crippen LogP contribution in [0.4, 0.5) is 10.1 Å². The van der Waals surface area contributed by atoms with Crippen molar-refractivity contribution in [2.45, 2.75) is 13.3 Å². The van der Waals surface area contributed by atoms with E-state index in [9.17, 15) is 23.9 Å². The molecule has 152 valence electrons. The zero-order valence-corrected chi connectivity index (χ0v) is 15.8. The molecule has 0 saturated heterocycles. The van der Waals surface area contributed by atoms with E-state index in [0.29, 0.717) is 15.7 Å². The van der Waals surface area contributed by atoms with E-state index in [2.05, 4.69) is 0 Å². The van der Waals surface area contributed by atoms with Crippen molar-refractivity contribution in [3.8, 4) is 11.5 Å². The van der Waals surface area contributed by atoms with Crippen LogP contribution in [0.1, 0.15) is 33.2 Å². The second-order valence-corrected chi connectivity index (χ2v) is 6.71. The van der Waals surface area contributed by atoms with Crippen LogP contribution in [0.2, 0.25) is 0 Å². The van der Waals surface area contributed by atoms with Crippen molar-refractivity contribution in [3.63, 3.8) is 0 Å². The molecule has 0 radical (unpaired) electrons. The highest BCUT2D eigenvalue weighted by Gasteiger charge is 2.43. The van der Waals surface area contributed by atoms with Crippen LogP contribution in [-0.2, 0) is 11.2 Å². The Bertz CT molecular complexity index is 1240. The second-order valence-electron chi connectivity index (χ2n) is 6.71. The topological polar surface area (TPSA) is 104 Å². The summed E-state index contributed by atoms with van der Waals surface area (Å²) in [5.41, 5.74) is -0.534. The molecule has 1 aliphatic rings. The first-order valence-electron chi connectivity index (χ1n) is 9.14. The Hall–Kier alpha value is -3.94. The van der Waals surface area contributed by atoms with Gasteiger partial charge in [-0.3, -0.25) is 14.4 Å². The first kappa shape index (κ1) is 19.4. The predicted molar refractivity (Wildman–Crippen MR) is 106 cm³/mol. The number of carboxylic acids is 1. The van der Waals surface area contributed by atoms with Crippen LogP contribution in [0, 0.1) is 5.82 Å². The second kappa shape index (κ2) is 7.14. The Morgan fingerprint density at radius 3 is 2.37 bits per heavy atom. The SMILES string of the molecule is CCOc1c2c(c(O)c3ccccc13)C(=O)N(c1ccc(CC(=O)O)cc1F)C2=O. The Labute approximate surface area is 169 Å². The van der Waals surface area contributed by atoms with Gasteiger partial charge >= 0.3 is 5.97 Å². The lowest BCUT2D eigenvalue weighted by atomic mass is 9.99. The number of aromatic hydroxyl groups is 1. The molecule has 2 N–H and O–H groups in total. The molecule has 0 fully saturated rings. The van der Waals surface area contributed by atoms with E-state index in [0.717, 1.165) is 6.07 Å². The van der Waals surface area contributed by atoms with Crippen molar-refractivity contribution in [2.24, 2.45) is 0 Å². The Balaban J connectivity index is 1.90. The average Bonchev–Trinajstić information content (AvgIpc) is 2.96. The molecule has 3 aromatic rings. The number of phenolic OH excluding ortho intramolecular Hbond substituents is 1. The fourth-order valence-corrected chi connectivity index (χ4v) is 3.65. The van der Waals surface area contributed by atoms with Gasteiger partial charge in [0.15, 0.2) is 0 Å². The highest BCUT2D eigenvalue weighted by atomic mass is 19.1. The number of phenols is 1. The Morgan fingerprint density at radius 2 is 1.73 bits per heavy atom. The fourth-order valence-electron chi connectivity index (χ4n) is 3.65. The number of rotatable bonds is 5. The molecule has 3 aromatic carbocycles. The molecule has 0 saturated carbocycles. The number of carboxylic acid groups (broad SMARTS) is 1. The smallest absolute Gasteiger partial charge is 0.307 e. The number of aliphatic carboxylic acids is 1.